The van der Waals surface area contributed by atoms with Crippen molar-refractivity contribution in [2.24, 2.45) is 23.7 Å². The van der Waals surface area contributed by atoms with E-state index >= 15 is 0 Å². The second-order valence-corrected chi connectivity index (χ2v) is 8.66. The Kier molecular flexibility index (Phi) is 4.31. The van der Waals surface area contributed by atoms with Gasteiger partial charge in [-0.05, 0) is 60.9 Å². The lowest BCUT2D eigenvalue weighted by molar-refractivity contribution is -0.120. The predicted octanol–water partition coefficient (Wildman–Crippen LogP) is 3.49. The predicted molar refractivity (Wildman–Crippen MR) is 114 cm³/mol. The molecule has 5 atom stereocenters. The van der Waals surface area contributed by atoms with Crippen LogP contribution in [0.1, 0.15) is 19.8 Å². The summed E-state index contributed by atoms with van der Waals surface area (Å²) in [5, 5.41) is 7.75. The summed E-state index contributed by atoms with van der Waals surface area (Å²) < 4.78 is 21.5. The molecule has 2 aliphatic rings. The highest BCUT2D eigenvalue weighted by Gasteiger charge is 2.59. The molecule has 4 aromatic rings. The van der Waals surface area contributed by atoms with Crippen LogP contribution in [0.3, 0.4) is 0 Å². The molecule has 0 aliphatic heterocycles. The Hall–Kier alpha value is -3.62. The maximum absolute atomic E-state index is 13.7. The van der Waals surface area contributed by atoms with Crippen molar-refractivity contribution >= 4 is 28.5 Å². The third-order valence-corrected chi connectivity index (χ3v) is 6.77. The summed E-state index contributed by atoms with van der Waals surface area (Å²) >= 11 is 0. The van der Waals surface area contributed by atoms with E-state index in [1.807, 2.05) is 6.92 Å². The van der Waals surface area contributed by atoms with Crippen molar-refractivity contribution in [2.45, 2.75) is 25.9 Å². The van der Waals surface area contributed by atoms with Crippen LogP contribution in [-0.2, 0) is 4.79 Å². The van der Waals surface area contributed by atoms with Gasteiger partial charge in [-0.25, -0.2) is 13.9 Å². The molecule has 0 saturated heterocycles. The monoisotopic (exact) mass is 432 g/mol. The van der Waals surface area contributed by atoms with E-state index in [2.05, 4.69) is 25.4 Å². The Bertz CT molecular complexity index is 1300. The number of halogens is 1. The van der Waals surface area contributed by atoms with Gasteiger partial charge in [0.25, 0.3) is 11.7 Å². The van der Waals surface area contributed by atoms with E-state index in [-0.39, 0.29) is 29.7 Å². The van der Waals surface area contributed by atoms with E-state index in [9.17, 15) is 9.18 Å². The Morgan fingerprint density at radius 2 is 2.06 bits per heavy atom. The molecule has 2 fully saturated rings. The molecule has 3 unspecified atom stereocenters. The topological polar surface area (TPSA) is 94.3 Å². The number of hydrogen-bond acceptors (Lipinski definition) is 6. The zero-order valence-corrected chi connectivity index (χ0v) is 17.4. The van der Waals surface area contributed by atoms with Crippen LogP contribution in [0, 0.1) is 29.5 Å². The molecule has 162 valence electrons. The fourth-order valence-corrected chi connectivity index (χ4v) is 5.24. The minimum absolute atomic E-state index is 0.0663. The van der Waals surface area contributed by atoms with Gasteiger partial charge in [0.05, 0.1) is 11.6 Å². The highest BCUT2D eigenvalue weighted by Crippen LogP contribution is 2.61. The molecule has 1 N–H and O–H groups in total. The quantitative estimate of drug-likeness (QED) is 0.519. The highest BCUT2D eigenvalue weighted by molar-refractivity contribution is 5.91. The third kappa shape index (κ3) is 3.24. The fraction of sp³-hybridized carbons (Fsp3) is 0.348. The standard InChI is InChI=1S/C23H21FN6O2/c1-12(21(31)27-22-28-23-26-6-2-8-30(23)29-22)20-15-10-14(11-16(15)20)32-19-5-7-25-18-4-3-13(24)9-17(18)19/h2-9,12,14-16,20H,10-11H2,1H3,(H,27,29,31)/t12?,14?,15-,16+,20?. The van der Waals surface area contributed by atoms with Gasteiger partial charge in [0, 0.05) is 29.9 Å². The Labute approximate surface area is 182 Å². The average Bonchev–Trinajstić information content (AvgIpc) is 3.10. The molecule has 0 spiro atoms. The summed E-state index contributed by atoms with van der Waals surface area (Å²) in [5.74, 6) is 2.11. The van der Waals surface area contributed by atoms with Crippen LogP contribution in [-0.4, -0.2) is 36.6 Å². The number of carbonyl (C=O) groups is 1. The number of aromatic nitrogens is 5. The highest BCUT2D eigenvalue weighted by atomic mass is 19.1. The van der Waals surface area contributed by atoms with Gasteiger partial charge in [0.2, 0.25) is 5.91 Å². The number of fused-ring (bicyclic) bond motifs is 3. The zero-order valence-electron chi connectivity index (χ0n) is 17.4. The van der Waals surface area contributed by atoms with E-state index < -0.39 is 0 Å². The lowest BCUT2D eigenvalue weighted by Gasteiger charge is -2.20. The van der Waals surface area contributed by atoms with Crippen LogP contribution in [0.2, 0.25) is 0 Å². The molecule has 9 heteroatoms. The number of ether oxygens (including phenoxy) is 1. The molecule has 8 nitrogen and oxygen atoms in total. The second-order valence-electron chi connectivity index (χ2n) is 8.66. The van der Waals surface area contributed by atoms with Crippen LogP contribution in [0.5, 0.6) is 5.75 Å². The van der Waals surface area contributed by atoms with E-state index in [0.717, 1.165) is 12.8 Å². The van der Waals surface area contributed by atoms with E-state index in [4.69, 9.17) is 4.74 Å². The Morgan fingerprint density at radius 1 is 1.22 bits per heavy atom. The van der Waals surface area contributed by atoms with Crippen LogP contribution < -0.4 is 10.1 Å². The van der Waals surface area contributed by atoms with Gasteiger partial charge in [0.15, 0.2) is 0 Å². The first-order valence-electron chi connectivity index (χ1n) is 10.8. The first kappa shape index (κ1) is 19.1. The van der Waals surface area contributed by atoms with Gasteiger partial charge in [-0.2, -0.15) is 4.98 Å². The number of nitrogens with zero attached hydrogens (tertiary/aromatic N) is 5. The van der Waals surface area contributed by atoms with E-state index in [1.54, 1.807) is 36.8 Å². The van der Waals surface area contributed by atoms with Gasteiger partial charge in [0.1, 0.15) is 11.6 Å². The molecular weight excluding hydrogens is 411 g/mol. The maximum atomic E-state index is 13.7. The first-order chi connectivity index (χ1) is 15.6. The van der Waals surface area contributed by atoms with Crippen molar-refractivity contribution in [1.82, 2.24) is 24.6 Å². The summed E-state index contributed by atoms with van der Waals surface area (Å²) in [6.07, 6.45) is 6.90. The van der Waals surface area contributed by atoms with Gasteiger partial charge < -0.3 is 4.74 Å². The van der Waals surface area contributed by atoms with Crippen LogP contribution in [0.15, 0.2) is 48.9 Å². The normalized spacial score (nSPS) is 24.9. The van der Waals surface area contributed by atoms with E-state index in [1.165, 1.54) is 16.6 Å². The summed E-state index contributed by atoms with van der Waals surface area (Å²) in [6.45, 7) is 1.96. The van der Waals surface area contributed by atoms with Crippen molar-refractivity contribution in [3.8, 4) is 5.75 Å². The molecule has 2 aliphatic carbocycles. The minimum Gasteiger partial charge on any atom is -0.490 e. The summed E-state index contributed by atoms with van der Waals surface area (Å²) in [5.41, 5.74) is 0.714. The molecule has 0 radical (unpaired) electrons. The SMILES string of the molecule is CC(C(=O)Nc1nc2ncccn2n1)C1[C@H]2CC(Oc3ccnc4ccc(F)cc34)C[C@@H]12. The molecular formula is C23H21FN6O2. The average molecular weight is 432 g/mol. The molecule has 0 bridgehead atoms. The summed E-state index contributed by atoms with van der Waals surface area (Å²) in [7, 11) is 0. The molecule has 6 rings (SSSR count). The van der Waals surface area contributed by atoms with Gasteiger partial charge in [-0.3, -0.25) is 15.1 Å². The number of pyridine rings is 1. The maximum Gasteiger partial charge on any atom is 0.253 e. The van der Waals surface area contributed by atoms with E-state index in [0.29, 0.717) is 40.2 Å². The zero-order chi connectivity index (χ0) is 21.8. The van der Waals surface area contributed by atoms with Gasteiger partial charge in [-0.15, -0.1) is 5.10 Å². The van der Waals surface area contributed by atoms with Gasteiger partial charge in [-0.1, -0.05) is 6.92 Å². The molecule has 2 saturated carbocycles. The summed E-state index contributed by atoms with van der Waals surface area (Å²) in [6, 6.07) is 8.07. The lowest BCUT2D eigenvalue weighted by atomic mass is 9.97. The molecule has 1 amide bonds. The number of anilines is 1. The number of carbonyl (C=O) groups excluding carboxylic acids is 1. The number of hydrogen-bond donors (Lipinski definition) is 1. The smallest absolute Gasteiger partial charge is 0.253 e. The van der Waals surface area contributed by atoms with Crippen molar-refractivity contribution in [3.05, 3.63) is 54.7 Å². The van der Waals surface area contributed by atoms with Crippen molar-refractivity contribution in [3.63, 3.8) is 0 Å². The van der Waals surface area contributed by atoms with Crippen molar-refractivity contribution < 1.29 is 13.9 Å². The van der Waals surface area contributed by atoms with Crippen LogP contribution >= 0.6 is 0 Å². The van der Waals surface area contributed by atoms with Crippen LogP contribution in [0.4, 0.5) is 10.3 Å². The molecule has 3 aromatic heterocycles. The Balaban J connectivity index is 1.08. The number of benzene rings is 1. The van der Waals surface area contributed by atoms with Crippen molar-refractivity contribution in [2.75, 3.05) is 5.32 Å². The summed E-state index contributed by atoms with van der Waals surface area (Å²) in [4.78, 5) is 25.4. The largest absolute Gasteiger partial charge is 0.490 e. The lowest BCUT2D eigenvalue weighted by Crippen LogP contribution is -2.26. The molecule has 3 heterocycles. The van der Waals surface area contributed by atoms with Crippen LogP contribution in [0.25, 0.3) is 16.7 Å². The van der Waals surface area contributed by atoms with Gasteiger partial charge >= 0.3 is 0 Å². The van der Waals surface area contributed by atoms with Crippen molar-refractivity contribution in [1.29, 1.82) is 0 Å². The Morgan fingerprint density at radius 3 is 2.88 bits per heavy atom. The fourth-order valence-electron chi connectivity index (χ4n) is 5.24. The number of nitrogens with one attached hydrogen (secondary N) is 1. The minimum atomic E-state index is -0.305. The molecule has 1 aromatic carbocycles. The second kappa shape index (κ2) is 7.22. The number of rotatable bonds is 5. The molecule has 32 heavy (non-hydrogen) atoms. The number of amides is 1. The first-order valence-corrected chi connectivity index (χ1v) is 10.8. The third-order valence-electron chi connectivity index (χ3n) is 6.77.